The van der Waals surface area contributed by atoms with E-state index >= 15 is 0 Å². The zero-order valence-electron chi connectivity index (χ0n) is 7.71. The summed E-state index contributed by atoms with van der Waals surface area (Å²) < 4.78 is 0. The van der Waals surface area contributed by atoms with Crippen LogP contribution in [0.5, 0.6) is 0 Å². The Morgan fingerprint density at radius 1 is 1.50 bits per heavy atom. The summed E-state index contributed by atoms with van der Waals surface area (Å²) in [6.07, 6.45) is 1.44. The molecule has 1 heterocycles. The minimum atomic E-state index is 0.0983. The monoisotopic (exact) mass is 168 g/mol. The highest BCUT2D eigenvalue weighted by Gasteiger charge is 2.28. The van der Waals surface area contributed by atoms with Crippen molar-refractivity contribution in [3.63, 3.8) is 0 Å². The molecule has 0 saturated carbocycles. The normalized spacial score (nSPS) is 29.0. The van der Waals surface area contributed by atoms with Crippen molar-refractivity contribution in [1.82, 2.24) is 4.90 Å². The fourth-order valence-electron chi connectivity index (χ4n) is 1.55. The van der Waals surface area contributed by atoms with Crippen molar-refractivity contribution < 1.29 is 4.79 Å². The van der Waals surface area contributed by atoms with Crippen LogP contribution in [0.15, 0.2) is 0 Å². The molecule has 3 nitrogen and oxygen atoms in total. The van der Waals surface area contributed by atoms with Gasteiger partial charge in [0, 0.05) is 19.3 Å². The quantitative estimate of drug-likeness (QED) is 0.617. The summed E-state index contributed by atoms with van der Waals surface area (Å²) in [5, 5.41) is 6.83. The van der Waals surface area contributed by atoms with Gasteiger partial charge < -0.3 is 10.3 Å². The van der Waals surface area contributed by atoms with Crippen LogP contribution in [0, 0.1) is 17.2 Å². The van der Waals surface area contributed by atoms with Gasteiger partial charge in [0.15, 0.2) is 0 Å². The fourth-order valence-corrected chi connectivity index (χ4v) is 1.55. The van der Waals surface area contributed by atoms with Gasteiger partial charge in [-0.05, 0) is 11.8 Å². The van der Waals surface area contributed by atoms with E-state index in [0.717, 1.165) is 13.1 Å². The molecule has 0 aromatic heterocycles. The molecule has 68 valence electrons. The second-order valence-electron chi connectivity index (χ2n) is 3.66. The molecule has 0 bridgehead atoms. The smallest absolute Gasteiger partial charge is 0.227 e. The number of rotatable bonds is 2. The first-order valence-electron chi connectivity index (χ1n) is 4.42. The second-order valence-corrected chi connectivity index (χ2v) is 3.66. The fraction of sp³-hybridized carbons (Fsp3) is 0.778. The van der Waals surface area contributed by atoms with Gasteiger partial charge in [0.2, 0.25) is 5.91 Å². The lowest BCUT2D eigenvalue weighted by Crippen LogP contribution is -2.28. The zero-order valence-corrected chi connectivity index (χ0v) is 7.71. The van der Waals surface area contributed by atoms with E-state index in [1.54, 1.807) is 0 Å². The molecule has 0 spiro atoms. The van der Waals surface area contributed by atoms with Crippen LogP contribution in [0.2, 0.25) is 0 Å². The molecule has 1 amide bonds. The summed E-state index contributed by atoms with van der Waals surface area (Å²) in [5.74, 6) is 1.32. The Morgan fingerprint density at radius 2 is 2.00 bits per heavy atom. The lowest BCUT2D eigenvalue weighted by Gasteiger charge is -2.13. The van der Waals surface area contributed by atoms with E-state index in [0.29, 0.717) is 11.8 Å². The summed E-state index contributed by atoms with van der Waals surface area (Å²) in [6, 6.07) is 0. The Labute approximate surface area is 73.3 Å². The first-order valence-corrected chi connectivity index (χ1v) is 4.42. The van der Waals surface area contributed by atoms with Gasteiger partial charge in [-0.15, -0.1) is 0 Å². The number of hydrogen-bond donors (Lipinski definition) is 1. The molecule has 0 aromatic rings. The van der Waals surface area contributed by atoms with Crippen LogP contribution in [0.3, 0.4) is 0 Å². The van der Waals surface area contributed by atoms with E-state index in [4.69, 9.17) is 5.41 Å². The van der Waals surface area contributed by atoms with Gasteiger partial charge >= 0.3 is 0 Å². The van der Waals surface area contributed by atoms with Crippen molar-refractivity contribution in [2.24, 2.45) is 11.8 Å². The molecule has 1 aliphatic heterocycles. The number of hydrogen-bond acceptors (Lipinski definition) is 2. The number of carbonyl (C=O) groups excluding carboxylic acids is 1. The number of likely N-dealkylation sites (tertiary alicyclic amines) is 1. The Hall–Kier alpha value is -0.860. The van der Waals surface area contributed by atoms with Crippen molar-refractivity contribution in [2.75, 3.05) is 13.1 Å². The van der Waals surface area contributed by atoms with Crippen molar-refractivity contribution in [1.29, 1.82) is 5.41 Å². The Kier molecular flexibility index (Phi) is 2.84. The van der Waals surface area contributed by atoms with E-state index in [2.05, 4.69) is 13.8 Å². The summed E-state index contributed by atoms with van der Waals surface area (Å²) in [7, 11) is 0. The maximum Gasteiger partial charge on any atom is 0.227 e. The van der Waals surface area contributed by atoms with Gasteiger partial charge in [0.05, 0.1) is 6.42 Å². The third kappa shape index (κ3) is 1.84. The highest BCUT2D eigenvalue weighted by molar-refractivity contribution is 5.89. The van der Waals surface area contributed by atoms with Crippen LogP contribution in [-0.4, -0.2) is 30.1 Å². The van der Waals surface area contributed by atoms with E-state index in [1.165, 1.54) is 6.21 Å². The summed E-state index contributed by atoms with van der Waals surface area (Å²) in [6.45, 7) is 6.08. The average Bonchev–Trinajstić information content (AvgIpc) is 2.33. The Balaban J connectivity index is 2.45. The first kappa shape index (κ1) is 9.23. The highest BCUT2D eigenvalue weighted by atomic mass is 16.2. The molecule has 2 unspecified atom stereocenters. The number of carbonyl (C=O) groups is 1. The van der Waals surface area contributed by atoms with Gasteiger partial charge in [0.1, 0.15) is 0 Å². The number of nitrogens with zero attached hydrogens (tertiary/aromatic N) is 1. The summed E-state index contributed by atoms with van der Waals surface area (Å²) in [4.78, 5) is 13.2. The molecule has 1 N–H and O–H groups in total. The maximum absolute atomic E-state index is 11.3. The number of nitrogens with one attached hydrogen (secondary N) is 1. The van der Waals surface area contributed by atoms with Crippen LogP contribution in [0.4, 0.5) is 0 Å². The molecule has 2 atom stereocenters. The van der Waals surface area contributed by atoms with E-state index in [-0.39, 0.29) is 12.3 Å². The second kappa shape index (κ2) is 3.70. The van der Waals surface area contributed by atoms with Crippen molar-refractivity contribution >= 4 is 12.1 Å². The minimum absolute atomic E-state index is 0.0983. The Bertz CT molecular complexity index is 181. The Morgan fingerprint density at radius 3 is 2.42 bits per heavy atom. The molecular weight excluding hydrogens is 152 g/mol. The highest BCUT2D eigenvalue weighted by Crippen LogP contribution is 2.22. The SMILES string of the molecule is CC1CN(C(=O)CC=N)CC1C. The van der Waals surface area contributed by atoms with Gasteiger partial charge in [-0.1, -0.05) is 13.8 Å². The number of amides is 1. The average molecular weight is 168 g/mol. The molecule has 12 heavy (non-hydrogen) atoms. The molecule has 1 saturated heterocycles. The molecule has 0 radical (unpaired) electrons. The summed E-state index contributed by atoms with van der Waals surface area (Å²) in [5.41, 5.74) is 0. The molecule has 1 rings (SSSR count). The standard InChI is InChI=1S/C9H16N2O/c1-7-5-11(6-8(7)2)9(12)3-4-10/h4,7-8,10H,3,5-6H2,1-2H3. The molecule has 0 aliphatic carbocycles. The predicted molar refractivity (Wildman–Crippen MR) is 48.3 cm³/mol. The van der Waals surface area contributed by atoms with E-state index in [9.17, 15) is 4.79 Å². The molecule has 0 aromatic carbocycles. The van der Waals surface area contributed by atoms with Crippen molar-refractivity contribution in [3.05, 3.63) is 0 Å². The van der Waals surface area contributed by atoms with Gasteiger partial charge in [-0.25, -0.2) is 0 Å². The van der Waals surface area contributed by atoms with Crippen molar-refractivity contribution in [2.45, 2.75) is 20.3 Å². The molecule has 1 fully saturated rings. The summed E-state index contributed by atoms with van der Waals surface area (Å²) >= 11 is 0. The maximum atomic E-state index is 11.3. The lowest BCUT2D eigenvalue weighted by molar-refractivity contribution is -0.129. The van der Waals surface area contributed by atoms with E-state index in [1.807, 2.05) is 4.90 Å². The van der Waals surface area contributed by atoms with Gasteiger partial charge in [-0.3, -0.25) is 4.79 Å². The first-order chi connectivity index (χ1) is 5.65. The topological polar surface area (TPSA) is 44.2 Å². The molecule has 3 heteroatoms. The lowest BCUT2D eigenvalue weighted by atomic mass is 10.0. The molecular formula is C9H16N2O. The van der Waals surface area contributed by atoms with Crippen LogP contribution >= 0.6 is 0 Å². The van der Waals surface area contributed by atoms with Crippen LogP contribution in [0.25, 0.3) is 0 Å². The van der Waals surface area contributed by atoms with Gasteiger partial charge in [-0.2, -0.15) is 0 Å². The van der Waals surface area contributed by atoms with Crippen LogP contribution in [0.1, 0.15) is 20.3 Å². The van der Waals surface area contributed by atoms with Crippen LogP contribution in [-0.2, 0) is 4.79 Å². The third-order valence-electron chi connectivity index (χ3n) is 2.62. The van der Waals surface area contributed by atoms with E-state index < -0.39 is 0 Å². The molecule has 1 aliphatic rings. The van der Waals surface area contributed by atoms with Gasteiger partial charge in [0.25, 0.3) is 0 Å². The zero-order chi connectivity index (χ0) is 9.14. The van der Waals surface area contributed by atoms with Crippen molar-refractivity contribution in [3.8, 4) is 0 Å². The third-order valence-corrected chi connectivity index (χ3v) is 2.62. The predicted octanol–water partition coefficient (Wildman–Crippen LogP) is 1.14. The minimum Gasteiger partial charge on any atom is -0.342 e. The largest absolute Gasteiger partial charge is 0.342 e. The van der Waals surface area contributed by atoms with Crippen LogP contribution < -0.4 is 0 Å².